The standard InChI is InChI=1S/C26H22N2O6S2/c1-32-25(31)20(27)15-33-24(30)18-9-7-17(8-10-18)21-12-11-19(34-21)13-22-23(29)28(26(35)36-22)14-16-5-3-2-4-6-16/h2-13,20H,14-15,27H2,1H3/b22-13+. The SMILES string of the molecule is COC(=O)C(N)COC(=O)c1ccc(-c2ccc(/C=C3/SC(=S)N(Cc4ccccc4)C3=O)o2)cc1. The first-order chi connectivity index (χ1) is 17.4. The van der Waals surface area contributed by atoms with Gasteiger partial charge < -0.3 is 19.6 Å². The summed E-state index contributed by atoms with van der Waals surface area (Å²) in [7, 11) is 1.21. The fraction of sp³-hybridized carbons (Fsp3) is 0.154. The normalized spacial score (nSPS) is 15.3. The van der Waals surface area contributed by atoms with Crippen molar-refractivity contribution in [2.45, 2.75) is 12.6 Å². The molecular weight excluding hydrogens is 500 g/mol. The van der Waals surface area contributed by atoms with Crippen molar-refractivity contribution in [2.75, 3.05) is 13.7 Å². The molecule has 4 rings (SSSR count). The average Bonchev–Trinajstić information content (AvgIpc) is 3.47. The number of furan rings is 1. The number of ether oxygens (including phenoxy) is 2. The van der Waals surface area contributed by atoms with Gasteiger partial charge in [0, 0.05) is 11.6 Å². The maximum Gasteiger partial charge on any atom is 0.338 e. The number of benzene rings is 2. The first-order valence-electron chi connectivity index (χ1n) is 10.9. The zero-order valence-electron chi connectivity index (χ0n) is 19.2. The van der Waals surface area contributed by atoms with Crippen LogP contribution in [0.15, 0.2) is 76.1 Å². The van der Waals surface area contributed by atoms with E-state index in [0.717, 1.165) is 11.1 Å². The Kier molecular flexibility index (Phi) is 7.99. The fourth-order valence-corrected chi connectivity index (χ4v) is 4.59. The first kappa shape index (κ1) is 25.4. The predicted octanol–water partition coefficient (Wildman–Crippen LogP) is 4.01. The molecule has 1 fully saturated rings. The number of carbonyl (C=O) groups excluding carboxylic acids is 3. The maximum absolute atomic E-state index is 12.9. The van der Waals surface area contributed by atoms with Crippen molar-refractivity contribution in [1.29, 1.82) is 0 Å². The second-order valence-corrected chi connectivity index (χ2v) is 9.44. The predicted molar refractivity (Wildman–Crippen MR) is 140 cm³/mol. The number of nitrogens with two attached hydrogens (primary N) is 1. The van der Waals surface area contributed by atoms with Crippen LogP contribution in [0.2, 0.25) is 0 Å². The van der Waals surface area contributed by atoms with Crippen LogP contribution >= 0.6 is 24.0 Å². The topological polar surface area (TPSA) is 112 Å². The number of thioether (sulfide) groups is 1. The Hall–Kier alpha value is -3.73. The summed E-state index contributed by atoms with van der Waals surface area (Å²) in [6, 6.07) is 18.7. The number of rotatable bonds is 8. The number of amides is 1. The van der Waals surface area contributed by atoms with Gasteiger partial charge in [0.25, 0.3) is 5.91 Å². The summed E-state index contributed by atoms with van der Waals surface area (Å²) in [6.45, 7) is 0.127. The molecule has 3 aromatic rings. The average molecular weight is 523 g/mol. The highest BCUT2D eigenvalue weighted by Gasteiger charge is 2.32. The third-order valence-corrected chi connectivity index (χ3v) is 6.64. The zero-order chi connectivity index (χ0) is 25.7. The van der Waals surface area contributed by atoms with Crippen LogP contribution in [0.25, 0.3) is 17.4 Å². The lowest BCUT2D eigenvalue weighted by Gasteiger charge is -2.14. The Balaban J connectivity index is 1.40. The van der Waals surface area contributed by atoms with Crippen LogP contribution in [0.5, 0.6) is 0 Å². The van der Waals surface area contributed by atoms with Crippen molar-refractivity contribution in [2.24, 2.45) is 5.73 Å². The molecular formula is C26H22N2O6S2. The summed E-state index contributed by atoms with van der Waals surface area (Å²) >= 11 is 6.64. The molecule has 8 nitrogen and oxygen atoms in total. The van der Waals surface area contributed by atoms with E-state index >= 15 is 0 Å². The number of carbonyl (C=O) groups is 3. The van der Waals surface area contributed by atoms with E-state index in [-0.39, 0.29) is 12.5 Å². The van der Waals surface area contributed by atoms with Crippen LogP contribution in [-0.4, -0.2) is 46.8 Å². The summed E-state index contributed by atoms with van der Waals surface area (Å²) in [5, 5.41) is 0. The summed E-state index contributed by atoms with van der Waals surface area (Å²) in [4.78, 5) is 38.4. The molecule has 1 aromatic heterocycles. The van der Waals surface area contributed by atoms with E-state index in [1.165, 1.54) is 18.9 Å². The number of hydrogen-bond donors (Lipinski definition) is 1. The number of esters is 2. The van der Waals surface area contributed by atoms with Crippen LogP contribution in [-0.2, 0) is 25.6 Å². The van der Waals surface area contributed by atoms with Gasteiger partial charge >= 0.3 is 11.9 Å². The van der Waals surface area contributed by atoms with Crippen LogP contribution < -0.4 is 5.73 Å². The number of hydrogen-bond acceptors (Lipinski definition) is 9. The van der Waals surface area contributed by atoms with Gasteiger partial charge in [-0.25, -0.2) is 4.79 Å². The Labute approximate surface area is 217 Å². The fourth-order valence-electron chi connectivity index (χ4n) is 3.36. The third kappa shape index (κ3) is 5.91. The quantitative estimate of drug-likeness (QED) is 0.266. The molecule has 1 aliphatic heterocycles. The van der Waals surface area contributed by atoms with Gasteiger partial charge in [-0.1, -0.05) is 66.4 Å². The van der Waals surface area contributed by atoms with Gasteiger partial charge in [-0.15, -0.1) is 0 Å². The minimum atomic E-state index is -1.04. The van der Waals surface area contributed by atoms with E-state index in [1.807, 2.05) is 30.3 Å². The summed E-state index contributed by atoms with van der Waals surface area (Å²) in [6.07, 6.45) is 1.67. The molecule has 10 heteroatoms. The van der Waals surface area contributed by atoms with Gasteiger partial charge in [-0.3, -0.25) is 14.5 Å². The van der Waals surface area contributed by atoms with Crippen LogP contribution in [0.1, 0.15) is 21.7 Å². The monoisotopic (exact) mass is 522 g/mol. The molecule has 0 bridgehead atoms. The molecule has 0 spiro atoms. The van der Waals surface area contributed by atoms with E-state index in [0.29, 0.717) is 32.9 Å². The van der Waals surface area contributed by atoms with Crippen LogP contribution in [0.4, 0.5) is 0 Å². The van der Waals surface area contributed by atoms with Crippen molar-refractivity contribution in [3.05, 3.63) is 88.5 Å². The van der Waals surface area contributed by atoms with Crippen molar-refractivity contribution in [3.8, 4) is 11.3 Å². The lowest BCUT2D eigenvalue weighted by Crippen LogP contribution is -2.36. The molecule has 1 unspecified atom stereocenters. The van der Waals surface area contributed by atoms with E-state index in [2.05, 4.69) is 4.74 Å². The summed E-state index contributed by atoms with van der Waals surface area (Å²) < 4.78 is 16.0. The highest BCUT2D eigenvalue weighted by Crippen LogP contribution is 2.34. The molecule has 1 saturated heterocycles. The molecule has 2 heterocycles. The van der Waals surface area contributed by atoms with Gasteiger partial charge in [0.15, 0.2) is 0 Å². The second-order valence-electron chi connectivity index (χ2n) is 7.76. The third-order valence-electron chi connectivity index (χ3n) is 5.26. The molecule has 0 saturated carbocycles. The molecule has 2 aromatic carbocycles. The van der Waals surface area contributed by atoms with Crippen LogP contribution in [0.3, 0.4) is 0 Å². The Morgan fingerprint density at radius 2 is 1.83 bits per heavy atom. The highest BCUT2D eigenvalue weighted by atomic mass is 32.2. The lowest BCUT2D eigenvalue weighted by molar-refractivity contribution is -0.143. The zero-order valence-corrected chi connectivity index (χ0v) is 20.8. The first-order valence-corrected chi connectivity index (χ1v) is 12.1. The van der Waals surface area contributed by atoms with Gasteiger partial charge in [0.05, 0.1) is 24.1 Å². The van der Waals surface area contributed by atoms with Gasteiger partial charge in [0.1, 0.15) is 28.5 Å². The molecule has 1 aliphatic rings. The number of nitrogens with zero attached hydrogens (tertiary/aromatic N) is 1. The molecule has 184 valence electrons. The molecule has 36 heavy (non-hydrogen) atoms. The van der Waals surface area contributed by atoms with Crippen molar-refractivity contribution < 1.29 is 28.3 Å². The highest BCUT2D eigenvalue weighted by molar-refractivity contribution is 8.26. The number of thiocarbonyl (C=S) groups is 1. The summed E-state index contributed by atoms with van der Waals surface area (Å²) in [5.41, 5.74) is 7.59. The minimum absolute atomic E-state index is 0.165. The molecule has 1 atom stereocenters. The second kappa shape index (κ2) is 11.3. The molecule has 0 aliphatic carbocycles. The van der Waals surface area contributed by atoms with Crippen molar-refractivity contribution in [1.82, 2.24) is 4.90 Å². The Bertz CT molecular complexity index is 1320. The van der Waals surface area contributed by atoms with Crippen molar-refractivity contribution >= 4 is 52.2 Å². The maximum atomic E-state index is 12.9. The van der Waals surface area contributed by atoms with E-state index in [9.17, 15) is 14.4 Å². The molecule has 2 N–H and O–H groups in total. The Morgan fingerprint density at radius 3 is 2.53 bits per heavy atom. The lowest BCUT2D eigenvalue weighted by atomic mass is 10.1. The smallest absolute Gasteiger partial charge is 0.338 e. The largest absolute Gasteiger partial charge is 0.468 e. The Morgan fingerprint density at radius 1 is 1.11 bits per heavy atom. The minimum Gasteiger partial charge on any atom is -0.468 e. The van der Waals surface area contributed by atoms with Gasteiger partial charge in [-0.05, 0) is 29.8 Å². The summed E-state index contributed by atoms with van der Waals surface area (Å²) in [5.74, 6) is -0.371. The molecule has 0 radical (unpaired) electrons. The molecule has 1 amide bonds. The van der Waals surface area contributed by atoms with Gasteiger partial charge in [0.2, 0.25) is 0 Å². The number of methoxy groups -OCH3 is 1. The van der Waals surface area contributed by atoms with Gasteiger partial charge in [-0.2, -0.15) is 0 Å². The van der Waals surface area contributed by atoms with E-state index in [4.69, 9.17) is 27.1 Å². The van der Waals surface area contributed by atoms with E-state index in [1.54, 1.807) is 47.4 Å². The van der Waals surface area contributed by atoms with Crippen molar-refractivity contribution in [3.63, 3.8) is 0 Å². The van der Waals surface area contributed by atoms with E-state index < -0.39 is 18.0 Å². The van der Waals surface area contributed by atoms with Crippen LogP contribution in [0, 0.1) is 0 Å².